The van der Waals surface area contributed by atoms with E-state index in [-0.39, 0.29) is 16.7 Å². The lowest BCUT2D eigenvalue weighted by atomic mass is 9.86. The molecule has 4 aromatic rings. The lowest BCUT2D eigenvalue weighted by Crippen LogP contribution is -2.12. The Balaban J connectivity index is 2.04. The molecule has 0 bridgehead atoms. The van der Waals surface area contributed by atoms with Crippen LogP contribution in [0.3, 0.4) is 0 Å². The van der Waals surface area contributed by atoms with E-state index in [1.54, 1.807) is 6.92 Å². The molecule has 0 saturated carbocycles. The summed E-state index contributed by atoms with van der Waals surface area (Å²) in [5.41, 5.74) is 6.89. The SMILES string of the molecule is CC(=O)n1c2cc(C(C)(C)C)ccc2c2cccc(-c3ccc(C(C)(C)C)cc3)c21. The van der Waals surface area contributed by atoms with Gasteiger partial charge in [-0.3, -0.25) is 9.36 Å². The van der Waals surface area contributed by atoms with Crippen molar-refractivity contribution in [3.63, 3.8) is 0 Å². The average Bonchev–Trinajstić information content (AvgIpc) is 3.00. The van der Waals surface area contributed by atoms with E-state index in [1.807, 2.05) is 4.57 Å². The van der Waals surface area contributed by atoms with Gasteiger partial charge in [-0.15, -0.1) is 0 Å². The minimum Gasteiger partial charge on any atom is -0.279 e. The minimum atomic E-state index is 0.0257. The van der Waals surface area contributed by atoms with E-state index in [9.17, 15) is 4.79 Å². The van der Waals surface area contributed by atoms with Gasteiger partial charge in [0.15, 0.2) is 0 Å². The van der Waals surface area contributed by atoms with Crippen molar-refractivity contribution >= 4 is 27.7 Å². The molecule has 30 heavy (non-hydrogen) atoms. The standard InChI is InChI=1S/C28H31NO/c1-18(30)29-25-17-21(28(5,6)7)15-16-23(25)24-10-8-9-22(26(24)29)19-11-13-20(14-12-19)27(2,3)4/h8-17H,1-7H3. The maximum Gasteiger partial charge on any atom is 0.228 e. The summed E-state index contributed by atoms with van der Waals surface area (Å²) < 4.78 is 1.90. The predicted molar refractivity (Wildman–Crippen MR) is 129 cm³/mol. The molecule has 0 fully saturated rings. The van der Waals surface area contributed by atoms with Crippen LogP contribution in [0, 0.1) is 0 Å². The maximum absolute atomic E-state index is 12.8. The van der Waals surface area contributed by atoms with Crippen LogP contribution in [0.15, 0.2) is 60.7 Å². The number of rotatable bonds is 1. The van der Waals surface area contributed by atoms with Crippen molar-refractivity contribution < 1.29 is 4.79 Å². The third-order valence-corrected chi connectivity index (χ3v) is 6.03. The van der Waals surface area contributed by atoms with Gasteiger partial charge in [-0.05, 0) is 33.6 Å². The second-order valence-electron chi connectivity index (χ2n) is 10.4. The van der Waals surface area contributed by atoms with Crippen LogP contribution in [-0.4, -0.2) is 10.5 Å². The largest absolute Gasteiger partial charge is 0.279 e. The van der Waals surface area contributed by atoms with Crippen LogP contribution >= 0.6 is 0 Å². The highest BCUT2D eigenvalue weighted by atomic mass is 16.1. The van der Waals surface area contributed by atoms with Gasteiger partial charge in [-0.1, -0.05) is 96.1 Å². The van der Waals surface area contributed by atoms with Gasteiger partial charge in [0.25, 0.3) is 0 Å². The van der Waals surface area contributed by atoms with Crippen molar-refractivity contribution in [1.82, 2.24) is 4.57 Å². The molecule has 0 saturated heterocycles. The van der Waals surface area contributed by atoms with E-state index in [1.165, 1.54) is 11.1 Å². The molecular formula is C28H31NO. The Kier molecular flexibility index (Phi) is 4.65. The molecule has 0 atom stereocenters. The third-order valence-electron chi connectivity index (χ3n) is 6.03. The number of carbonyl (C=O) groups excluding carboxylic acids is 1. The van der Waals surface area contributed by atoms with Gasteiger partial charge in [-0.2, -0.15) is 0 Å². The Hall–Kier alpha value is -2.87. The third kappa shape index (κ3) is 3.35. The Bertz CT molecular complexity index is 1260. The molecule has 1 heterocycles. The van der Waals surface area contributed by atoms with Gasteiger partial charge in [-0.25, -0.2) is 0 Å². The molecule has 0 aliphatic rings. The van der Waals surface area contributed by atoms with E-state index in [0.29, 0.717) is 0 Å². The summed E-state index contributed by atoms with van der Waals surface area (Å²) in [7, 11) is 0. The zero-order valence-electron chi connectivity index (χ0n) is 19.1. The molecule has 0 aliphatic heterocycles. The molecule has 4 rings (SSSR count). The van der Waals surface area contributed by atoms with E-state index in [0.717, 1.165) is 32.9 Å². The molecular weight excluding hydrogens is 366 g/mol. The Morgan fingerprint density at radius 2 is 1.33 bits per heavy atom. The molecule has 0 aliphatic carbocycles. The summed E-state index contributed by atoms with van der Waals surface area (Å²) in [6, 6.07) is 21.6. The van der Waals surface area contributed by atoms with Crippen LogP contribution in [0.5, 0.6) is 0 Å². The van der Waals surface area contributed by atoms with Gasteiger partial charge < -0.3 is 0 Å². The van der Waals surface area contributed by atoms with Crippen LogP contribution in [0.25, 0.3) is 32.9 Å². The summed E-state index contributed by atoms with van der Waals surface area (Å²) in [6.07, 6.45) is 0. The highest BCUT2D eigenvalue weighted by Gasteiger charge is 2.21. The van der Waals surface area contributed by atoms with E-state index in [4.69, 9.17) is 0 Å². The molecule has 0 amide bonds. The number of fused-ring (bicyclic) bond motifs is 3. The molecule has 3 aromatic carbocycles. The Labute approximate surface area is 179 Å². The van der Waals surface area contributed by atoms with Crippen molar-refractivity contribution in [3.05, 3.63) is 71.8 Å². The van der Waals surface area contributed by atoms with E-state index < -0.39 is 0 Å². The van der Waals surface area contributed by atoms with Crippen LogP contribution in [-0.2, 0) is 10.8 Å². The topological polar surface area (TPSA) is 22.0 Å². The van der Waals surface area contributed by atoms with E-state index >= 15 is 0 Å². The van der Waals surface area contributed by atoms with Gasteiger partial charge in [0, 0.05) is 23.3 Å². The quantitative estimate of drug-likeness (QED) is 0.322. The van der Waals surface area contributed by atoms with Crippen molar-refractivity contribution in [1.29, 1.82) is 0 Å². The molecule has 0 unspecified atom stereocenters. The molecule has 0 radical (unpaired) electrons. The van der Waals surface area contributed by atoms with Crippen LogP contribution in [0.2, 0.25) is 0 Å². The molecule has 0 spiro atoms. The summed E-state index contributed by atoms with van der Waals surface area (Å²) in [4.78, 5) is 12.8. The number of hydrogen-bond acceptors (Lipinski definition) is 1. The predicted octanol–water partition coefficient (Wildman–Crippen LogP) is 7.72. The molecule has 2 heteroatoms. The zero-order valence-corrected chi connectivity index (χ0v) is 19.1. The van der Waals surface area contributed by atoms with Crippen molar-refractivity contribution in [2.75, 3.05) is 0 Å². The summed E-state index contributed by atoms with van der Waals surface area (Å²) in [5, 5.41) is 2.25. The smallest absolute Gasteiger partial charge is 0.228 e. The Morgan fingerprint density at radius 3 is 1.90 bits per heavy atom. The maximum atomic E-state index is 12.8. The van der Waals surface area contributed by atoms with Gasteiger partial charge in [0.2, 0.25) is 5.91 Å². The zero-order chi connectivity index (χ0) is 21.8. The fraction of sp³-hybridized carbons (Fsp3) is 0.321. The molecule has 2 nitrogen and oxygen atoms in total. The number of hydrogen-bond donors (Lipinski definition) is 0. The first kappa shape index (κ1) is 20.4. The Morgan fingerprint density at radius 1 is 0.733 bits per heavy atom. The second kappa shape index (κ2) is 6.84. The normalized spacial score (nSPS) is 12.6. The van der Waals surface area contributed by atoms with Crippen LogP contribution < -0.4 is 0 Å². The highest BCUT2D eigenvalue weighted by Crippen LogP contribution is 2.38. The number of benzene rings is 3. The molecule has 0 N–H and O–H groups in total. The first-order chi connectivity index (χ1) is 14.0. The lowest BCUT2D eigenvalue weighted by molar-refractivity contribution is 0.0946. The van der Waals surface area contributed by atoms with Crippen LogP contribution in [0.1, 0.15) is 64.4 Å². The number of carbonyl (C=O) groups is 1. The van der Waals surface area contributed by atoms with Gasteiger partial charge >= 0.3 is 0 Å². The summed E-state index contributed by atoms with van der Waals surface area (Å²) in [5.74, 6) is 0.0415. The fourth-order valence-electron chi connectivity index (χ4n) is 4.24. The monoisotopic (exact) mass is 397 g/mol. The number of nitrogens with zero attached hydrogens (tertiary/aromatic N) is 1. The first-order valence-corrected chi connectivity index (χ1v) is 10.7. The molecule has 154 valence electrons. The highest BCUT2D eigenvalue weighted by molar-refractivity contribution is 6.17. The second-order valence-corrected chi connectivity index (χ2v) is 10.4. The van der Waals surface area contributed by atoms with Crippen molar-refractivity contribution in [3.8, 4) is 11.1 Å². The van der Waals surface area contributed by atoms with Crippen molar-refractivity contribution in [2.24, 2.45) is 0 Å². The number of para-hydroxylation sites is 1. The molecule has 1 aromatic heterocycles. The summed E-state index contributed by atoms with van der Waals surface area (Å²) in [6.45, 7) is 14.9. The van der Waals surface area contributed by atoms with E-state index in [2.05, 4.69) is 102 Å². The lowest BCUT2D eigenvalue weighted by Gasteiger charge is -2.19. The summed E-state index contributed by atoms with van der Waals surface area (Å²) >= 11 is 0. The fourth-order valence-corrected chi connectivity index (χ4v) is 4.24. The van der Waals surface area contributed by atoms with Crippen LogP contribution in [0.4, 0.5) is 0 Å². The first-order valence-electron chi connectivity index (χ1n) is 10.7. The average molecular weight is 398 g/mol. The van der Waals surface area contributed by atoms with Gasteiger partial charge in [0.05, 0.1) is 11.0 Å². The number of aromatic nitrogens is 1. The van der Waals surface area contributed by atoms with Crippen molar-refractivity contribution in [2.45, 2.75) is 59.3 Å². The minimum absolute atomic E-state index is 0.0257. The van der Waals surface area contributed by atoms with Gasteiger partial charge in [0.1, 0.15) is 0 Å².